The SMILES string of the molecule is COc1cc(-c2ccc3c(c2NC(=O)N=[SH](=O)c2cnn4c2OC(C)(C)C4)CC3)ccn1. The monoisotopic (exact) mass is 453 g/mol. The first-order valence-corrected chi connectivity index (χ1v) is 11.5. The maximum absolute atomic E-state index is 12.8. The molecule has 2 amide bonds. The summed E-state index contributed by atoms with van der Waals surface area (Å²) >= 11 is 0. The number of amides is 2. The number of carbonyl (C=O) groups is 1. The summed E-state index contributed by atoms with van der Waals surface area (Å²) in [5.74, 6) is 0.884. The van der Waals surface area contributed by atoms with Crippen molar-refractivity contribution >= 4 is 22.3 Å². The molecule has 1 aliphatic heterocycles. The van der Waals surface area contributed by atoms with Crippen molar-refractivity contribution in [1.82, 2.24) is 14.8 Å². The number of rotatable bonds is 4. The van der Waals surface area contributed by atoms with Crippen molar-refractivity contribution in [2.75, 3.05) is 12.4 Å². The number of nitrogens with zero attached hydrogens (tertiary/aromatic N) is 4. The predicted molar refractivity (Wildman–Crippen MR) is 120 cm³/mol. The predicted octanol–water partition coefficient (Wildman–Crippen LogP) is 3.48. The van der Waals surface area contributed by atoms with E-state index in [1.807, 2.05) is 32.0 Å². The fourth-order valence-corrected chi connectivity index (χ4v) is 4.80. The molecule has 0 radical (unpaired) electrons. The minimum Gasteiger partial charge on any atom is -0.481 e. The summed E-state index contributed by atoms with van der Waals surface area (Å²) in [5.41, 5.74) is 4.17. The van der Waals surface area contributed by atoms with E-state index in [-0.39, 0.29) is 0 Å². The van der Waals surface area contributed by atoms with E-state index < -0.39 is 22.2 Å². The summed E-state index contributed by atoms with van der Waals surface area (Å²) in [4.78, 5) is 17.2. The van der Waals surface area contributed by atoms with Gasteiger partial charge in [0, 0.05) is 17.8 Å². The van der Waals surface area contributed by atoms with Crippen LogP contribution in [0.3, 0.4) is 0 Å². The van der Waals surface area contributed by atoms with Crippen molar-refractivity contribution in [2.24, 2.45) is 4.36 Å². The summed E-state index contributed by atoms with van der Waals surface area (Å²) in [6, 6.07) is 7.01. The van der Waals surface area contributed by atoms with E-state index in [0.717, 1.165) is 29.5 Å². The molecule has 0 saturated carbocycles. The number of hydrogen-bond acceptors (Lipinski definition) is 6. The Kier molecular flexibility index (Phi) is 4.89. The second-order valence-electron chi connectivity index (χ2n) is 8.37. The topological polar surface area (TPSA) is 108 Å². The number of fused-ring (bicyclic) bond motifs is 2. The molecule has 2 aromatic heterocycles. The van der Waals surface area contributed by atoms with E-state index in [0.29, 0.717) is 28.9 Å². The Balaban J connectivity index is 1.46. The molecule has 1 atom stereocenters. The van der Waals surface area contributed by atoms with Crippen LogP contribution in [-0.4, -0.2) is 37.7 Å². The average Bonchev–Trinajstić information content (AvgIpc) is 3.24. The first kappa shape index (κ1) is 20.5. The van der Waals surface area contributed by atoms with Crippen LogP contribution in [0.5, 0.6) is 11.8 Å². The number of hydrogen-bond donors (Lipinski definition) is 2. The molecule has 32 heavy (non-hydrogen) atoms. The van der Waals surface area contributed by atoms with Gasteiger partial charge in [-0.25, -0.2) is 18.7 Å². The van der Waals surface area contributed by atoms with Crippen LogP contribution in [0.4, 0.5) is 10.5 Å². The van der Waals surface area contributed by atoms with Gasteiger partial charge in [0.05, 0.1) is 36.1 Å². The highest BCUT2D eigenvalue weighted by Crippen LogP contribution is 2.39. The van der Waals surface area contributed by atoms with Gasteiger partial charge in [-0.1, -0.05) is 12.1 Å². The van der Waals surface area contributed by atoms with Crippen LogP contribution in [0.2, 0.25) is 0 Å². The Labute approximate surface area is 187 Å². The molecule has 10 heteroatoms. The highest BCUT2D eigenvalue weighted by atomic mass is 32.2. The summed E-state index contributed by atoms with van der Waals surface area (Å²) < 4.78 is 29.5. The largest absolute Gasteiger partial charge is 0.481 e. The van der Waals surface area contributed by atoms with Gasteiger partial charge in [0.2, 0.25) is 11.8 Å². The van der Waals surface area contributed by atoms with Gasteiger partial charge in [0.25, 0.3) is 0 Å². The molecule has 1 aromatic carbocycles. The highest BCUT2D eigenvalue weighted by Gasteiger charge is 2.33. The first-order chi connectivity index (χ1) is 15.3. The number of aromatic nitrogens is 3. The number of anilines is 1. The van der Waals surface area contributed by atoms with Gasteiger partial charge in [-0.3, -0.25) is 0 Å². The quantitative estimate of drug-likeness (QED) is 0.586. The van der Waals surface area contributed by atoms with E-state index in [9.17, 15) is 9.00 Å². The lowest BCUT2D eigenvalue weighted by molar-refractivity contribution is 0.132. The van der Waals surface area contributed by atoms with Gasteiger partial charge in [0.15, 0.2) is 0 Å². The van der Waals surface area contributed by atoms with E-state index in [2.05, 4.69) is 25.8 Å². The van der Waals surface area contributed by atoms with E-state index in [1.165, 1.54) is 11.8 Å². The van der Waals surface area contributed by atoms with Crippen molar-refractivity contribution in [3.05, 3.63) is 47.8 Å². The van der Waals surface area contributed by atoms with Crippen LogP contribution in [0, 0.1) is 0 Å². The van der Waals surface area contributed by atoms with Gasteiger partial charge in [-0.05, 0) is 49.4 Å². The molecule has 0 bridgehead atoms. The Morgan fingerprint density at radius 2 is 2.16 bits per heavy atom. The smallest absolute Gasteiger partial charge is 0.353 e. The fraction of sp³-hybridized carbons (Fsp3) is 0.318. The van der Waals surface area contributed by atoms with Gasteiger partial charge in [0.1, 0.15) is 10.5 Å². The zero-order valence-corrected chi connectivity index (χ0v) is 18.8. The lowest BCUT2D eigenvalue weighted by atomic mass is 9.84. The minimum atomic E-state index is -2.36. The number of methoxy groups -OCH3 is 1. The second-order valence-corrected chi connectivity index (χ2v) is 9.60. The number of benzene rings is 1. The van der Waals surface area contributed by atoms with Crippen molar-refractivity contribution in [1.29, 1.82) is 0 Å². The minimum absolute atomic E-state index is 0.320. The molecular formula is C22H23N5O4S. The maximum atomic E-state index is 12.8. The van der Waals surface area contributed by atoms with Crippen molar-refractivity contribution in [3.63, 3.8) is 0 Å². The van der Waals surface area contributed by atoms with Gasteiger partial charge in [-0.2, -0.15) is 5.10 Å². The average molecular weight is 454 g/mol. The first-order valence-electron chi connectivity index (χ1n) is 10.2. The van der Waals surface area contributed by atoms with Gasteiger partial charge < -0.3 is 14.8 Å². The molecule has 1 aliphatic carbocycles. The molecule has 9 nitrogen and oxygen atoms in total. The molecule has 3 aromatic rings. The van der Waals surface area contributed by atoms with Crippen LogP contribution >= 0.6 is 0 Å². The molecule has 0 spiro atoms. The van der Waals surface area contributed by atoms with Crippen LogP contribution < -0.4 is 14.8 Å². The standard InChI is InChI=1S/C22H23N5O4S/c1-22(2)12-27-20(31-22)17(11-24-27)32(29)26-21(28)25-19-15-6-4-13(15)5-7-16(19)14-8-9-23-18(10-14)30-3/h5,7-11,32H,4,6,12H2,1-3H3,(H,25,28). The lowest BCUT2D eigenvalue weighted by Crippen LogP contribution is -2.26. The normalized spacial score (nSPS) is 16.5. The number of ether oxygens (including phenoxy) is 2. The second kappa shape index (κ2) is 7.63. The van der Waals surface area contributed by atoms with Crippen molar-refractivity contribution in [3.8, 4) is 22.9 Å². The van der Waals surface area contributed by atoms with Crippen molar-refractivity contribution in [2.45, 2.75) is 43.7 Å². The van der Waals surface area contributed by atoms with E-state index in [4.69, 9.17) is 9.47 Å². The Bertz CT molecular complexity index is 1320. The van der Waals surface area contributed by atoms with Crippen molar-refractivity contribution < 1.29 is 18.5 Å². The molecule has 5 rings (SSSR count). The number of nitrogens with one attached hydrogen (secondary N) is 1. The number of urea groups is 1. The number of thiol groups is 1. The van der Waals surface area contributed by atoms with Crippen LogP contribution in [0.25, 0.3) is 11.1 Å². The van der Waals surface area contributed by atoms with Gasteiger partial charge >= 0.3 is 6.03 Å². The molecule has 2 aliphatic rings. The lowest BCUT2D eigenvalue weighted by Gasteiger charge is -2.25. The number of aryl methyl sites for hydroxylation is 1. The number of pyridine rings is 1. The molecule has 3 heterocycles. The Morgan fingerprint density at radius 1 is 1.31 bits per heavy atom. The third-order valence-electron chi connectivity index (χ3n) is 5.61. The van der Waals surface area contributed by atoms with Crippen LogP contribution in [0.15, 0.2) is 45.9 Å². The van der Waals surface area contributed by atoms with E-state index in [1.54, 1.807) is 18.0 Å². The van der Waals surface area contributed by atoms with Crippen LogP contribution in [-0.2, 0) is 30.0 Å². The highest BCUT2D eigenvalue weighted by molar-refractivity contribution is 7.75. The molecule has 1 N–H and O–H groups in total. The number of carbonyl (C=O) groups excluding carboxylic acids is 1. The summed E-state index contributed by atoms with van der Waals surface area (Å²) in [5, 5.41) is 7.07. The third kappa shape index (κ3) is 3.60. The third-order valence-corrected chi connectivity index (χ3v) is 6.69. The summed E-state index contributed by atoms with van der Waals surface area (Å²) in [6.07, 6.45) is 4.92. The molecule has 0 saturated heterocycles. The summed E-state index contributed by atoms with van der Waals surface area (Å²) in [7, 11) is -0.809. The van der Waals surface area contributed by atoms with Crippen LogP contribution in [0.1, 0.15) is 25.0 Å². The van der Waals surface area contributed by atoms with E-state index >= 15 is 0 Å². The molecular weight excluding hydrogens is 430 g/mol. The summed E-state index contributed by atoms with van der Waals surface area (Å²) in [6.45, 7) is 4.39. The Hall–Kier alpha value is -3.40. The molecule has 166 valence electrons. The zero-order chi connectivity index (χ0) is 22.5. The molecule has 1 unspecified atom stereocenters. The molecule has 0 fully saturated rings. The fourth-order valence-electron chi connectivity index (χ4n) is 4.00. The van der Waals surface area contributed by atoms with Gasteiger partial charge in [-0.15, -0.1) is 4.36 Å². The maximum Gasteiger partial charge on any atom is 0.353 e. The Morgan fingerprint density at radius 3 is 2.91 bits per heavy atom. The zero-order valence-electron chi connectivity index (χ0n) is 18.0.